The van der Waals surface area contributed by atoms with Gasteiger partial charge in [0.25, 0.3) is 26.0 Å². The number of piperidine rings is 2. The Bertz CT molecular complexity index is 2540. The zero-order valence-corrected chi connectivity index (χ0v) is 30.3. The van der Waals surface area contributed by atoms with Gasteiger partial charge in [-0.3, -0.25) is 24.6 Å². The number of halogens is 1. The van der Waals surface area contributed by atoms with Gasteiger partial charge in [0.05, 0.1) is 28.0 Å². The molecule has 12 nitrogen and oxygen atoms in total. The topological polar surface area (TPSA) is 152 Å². The van der Waals surface area contributed by atoms with Crippen LogP contribution in [0.2, 0.25) is 0 Å². The molecule has 5 aromatic rings. The summed E-state index contributed by atoms with van der Waals surface area (Å²) in [5.74, 6) is -1.06. The van der Waals surface area contributed by atoms with Gasteiger partial charge in [-0.2, -0.15) is 12.2 Å². The Hall–Kier alpha value is -4.76. The number of carbonyl (C=O) groups excluding carboxylic acids is 3. The van der Waals surface area contributed by atoms with Crippen LogP contribution in [-0.4, -0.2) is 57.7 Å². The Kier molecular flexibility index (Phi) is 8.40. The lowest BCUT2D eigenvalue weighted by Gasteiger charge is -2.35. The molecule has 0 aliphatic carbocycles. The van der Waals surface area contributed by atoms with Crippen LogP contribution >= 0.6 is 11.9 Å². The molecule has 3 aliphatic heterocycles. The lowest BCUT2D eigenvalue weighted by atomic mass is 9.85. The van der Waals surface area contributed by atoms with E-state index in [-0.39, 0.29) is 35.5 Å². The van der Waals surface area contributed by atoms with Crippen LogP contribution in [-0.2, 0) is 39.2 Å². The van der Waals surface area contributed by atoms with Crippen molar-refractivity contribution < 1.29 is 35.0 Å². The standard InChI is InChI=1S/C37H33ClN4O8S2/c1-22-5-9-26(10-6-22)52(48,49)42-32-19-23(21-51(46,47)50-38)7-8-25(32)20-34(42)40-17-15-24(16-18-40)27-11-12-30-35-28(27)3-2-4-29(35)37(45)41(30)31-13-14-33(43)39-36(31)44/h2-12,19-20,24,31H,13-18,21H2,1H3,(H,39,43,44). The van der Waals surface area contributed by atoms with Gasteiger partial charge in [-0.25, -0.2) is 12.4 Å². The molecule has 0 bridgehead atoms. The summed E-state index contributed by atoms with van der Waals surface area (Å²) in [7, 11) is -8.21. The number of imide groups is 1. The first kappa shape index (κ1) is 34.3. The minimum Gasteiger partial charge on any atom is -0.357 e. The number of carbonyl (C=O) groups is 3. The first-order chi connectivity index (χ1) is 24.9. The van der Waals surface area contributed by atoms with Gasteiger partial charge in [0.1, 0.15) is 17.6 Å². The zero-order chi connectivity index (χ0) is 36.5. The van der Waals surface area contributed by atoms with Crippen molar-refractivity contribution >= 4 is 82.9 Å². The monoisotopic (exact) mass is 760 g/mol. The molecule has 8 rings (SSSR count). The number of hydrogen-bond donors (Lipinski definition) is 1. The second kappa shape index (κ2) is 12.7. The number of anilines is 2. The van der Waals surface area contributed by atoms with Crippen LogP contribution in [0.1, 0.15) is 58.6 Å². The molecule has 1 unspecified atom stereocenters. The molecule has 0 spiro atoms. The number of hydrogen-bond acceptors (Lipinski definition) is 9. The lowest BCUT2D eigenvalue weighted by Crippen LogP contribution is -2.53. The third-order valence-corrected chi connectivity index (χ3v) is 13.5. The van der Waals surface area contributed by atoms with E-state index in [0.717, 1.165) is 21.9 Å². The average molecular weight is 761 g/mol. The lowest BCUT2D eigenvalue weighted by molar-refractivity contribution is -0.134. The molecular formula is C37H33ClN4O8S2. The maximum absolute atomic E-state index is 14.3. The summed E-state index contributed by atoms with van der Waals surface area (Å²) in [6.07, 6.45) is 1.79. The quantitative estimate of drug-likeness (QED) is 0.203. The summed E-state index contributed by atoms with van der Waals surface area (Å²) in [5.41, 5.74) is 3.80. The van der Waals surface area contributed by atoms with Crippen molar-refractivity contribution in [3.05, 3.63) is 101 Å². The van der Waals surface area contributed by atoms with E-state index in [4.69, 9.17) is 11.9 Å². The van der Waals surface area contributed by atoms with Crippen molar-refractivity contribution in [2.24, 2.45) is 0 Å². The van der Waals surface area contributed by atoms with Crippen molar-refractivity contribution in [3.8, 4) is 0 Å². The van der Waals surface area contributed by atoms with Gasteiger partial charge in [0.15, 0.2) is 0 Å². The molecule has 3 amide bonds. The molecule has 1 aromatic heterocycles. The number of nitrogens with one attached hydrogen (secondary N) is 1. The minimum atomic E-state index is -4.12. The highest BCUT2D eigenvalue weighted by Gasteiger charge is 2.41. The van der Waals surface area contributed by atoms with E-state index >= 15 is 0 Å². The molecule has 4 aromatic carbocycles. The summed E-state index contributed by atoms with van der Waals surface area (Å²) in [6.45, 7) is 2.92. The van der Waals surface area contributed by atoms with Gasteiger partial charge >= 0.3 is 0 Å². The second-order valence-corrected chi connectivity index (χ2v) is 17.2. The molecule has 2 fully saturated rings. The molecule has 52 heavy (non-hydrogen) atoms. The fraction of sp³-hybridized carbons (Fsp3) is 0.270. The normalized spacial score (nSPS) is 18.5. The molecule has 1 atom stereocenters. The van der Waals surface area contributed by atoms with Crippen LogP contribution in [0.3, 0.4) is 0 Å². The number of nitrogens with zero attached hydrogens (tertiary/aromatic N) is 3. The van der Waals surface area contributed by atoms with Gasteiger partial charge in [0.2, 0.25) is 11.8 Å². The van der Waals surface area contributed by atoms with Crippen LogP contribution < -0.4 is 15.1 Å². The molecule has 15 heteroatoms. The number of rotatable bonds is 8. The fourth-order valence-electron chi connectivity index (χ4n) is 7.85. The highest BCUT2D eigenvalue weighted by molar-refractivity contribution is 7.90. The molecule has 3 aliphatic rings. The van der Waals surface area contributed by atoms with Crippen molar-refractivity contribution in [2.75, 3.05) is 22.9 Å². The van der Waals surface area contributed by atoms with Crippen molar-refractivity contribution in [3.63, 3.8) is 0 Å². The van der Waals surface area contributed by atoms with Gasteiger partial charge < -0.3 is 4.90 Å². The van der Waals surface area contributed by atoms with E-state index in [0.29, 0.717) is 59.5 Å². The summed E-state index contributed by atoms with van der Waals surface area (Å²) in [5, 5.41) is 4.70. The van der Waals surface area contributed by atoms with Gasteiger partial charge in [-0.1, -0.05) is 48.0 Å². The van der Waals surface area contributed by atoms with Crippen LogP contribution in [0.4, 0.5) is 11.5 Å². The number of amides is 3. The van der Waals surface area contributed by atoms with Crippen molar-refractivity contribution in [1.29, 1.82) is 0 Å². The predicted octanol–water partition coefficient (Wildman–Crippen LogP) is 5.49. The number of aromatic nitrogens is 1. The minimum absolute atomic E-state index is 0.0965. The van der Waals surface area contributed by atoms with Crippen LogP contribution in [0.15, 0.2) is 83.8 Å². The Morgan fingerprint density at radius 3 is 2.35 bits per heavy atom. The first-order valence-electron chi connectivity index (χ1n) is 16.8. The van der Waals surface area contributed by atoms with Gasteiger partial charge in [-0.15, -0.1) is 0 Å². The second-order valence-electron chi connectivity index (χ2n) is 13.5. The van der Waals surface area contributed by atoms with E-state index < -0.39 is 37.8 Å². The third-order valence-electron chi connectivity index (χ3n) is 10.3. The van der Waals surface area contributed by atoms with E-state index in [9.17, 15) is 31.2 Å². The number of aryl methyl sites for hydroxylation is 1. The molecule has 268 valence electrons. The van der Waals surface area contributed by atoms with E-state index in [1.54, 1.807) is 42.5 Å². The Morgan fingerprint density at radius 1 is 0.885 bits per heavy atom. The Morgan fingerprint density at radius 2 is 1.63 bits per heavy atom. The maximum atomic E-state index is 14.3. The summed E-state index contributed by atoms with van der Waals surface area (Å²) >= 11 is 5.19. The summed E-state index contributed by atoms with van der Waals surface area (Å²) in [6, 6.07) is 22.0. The summed E-state index contributed by atoms with van der Waals surface area (Å²) in [4.78, 5) is 41.9. The first-order valence-corrected chi connectivity index (χ1v) is 20.2. The highest BCUT2D eigenvalue weighted by atomic mass is 35.5. The SMILES string of the molecule is Cc1ccc(S(=O)(=O)n2c(N3CCC(c4ccc5c6c(cccc46)C(=O)N5C4CCC(=O)NC4=O)CC3)cc3ccc(CS(=O)(=O)OCl)cc32)cc1. The van der Waals surface area contributed by atoms with Gasteiger partial charge in [0, 0.05) is 35.8 Å². The van der Waals surface area contributed by atoms with E-state index in [1.807, 2.05) is 42.2 Å². The average Bonchev–Trinajstić information content (AvgIpc) is 3.65. The van der Waals surface area contributed by atoms with E-state index in [2.05, 4.69) is 9.05 Å². The largest absolute Gasteiger partial charge is 0.357 e. The highest BCUT2D eigenvalue weighted by Crippen LogP contribution is 2.45. The number of fused-ring (bicyclic) bond motifs is 1. The molecule has 0 saturated carbocycles. The van der Waals surface area contributed by atoms with Gasteiger partial charge in [-0.05, 0) is 85.0 Å². The van der Waals surface area contributed by atoms with Crippen LogP contribution in [0.5, 0.6) is 0 Å². The molecule has 4 heterocycles. The third kappa shape index (κ3) is 5.74. The Balaban J connectivity index is 1.13. The van der Waals surface area contributed by atoms with Crippen molar-refractivity contribution in [2.45, 2.75) is 55.2 Å². The fourth-order valence-corrected chi connectivity index (χ4v) is 10.1. The van der Waals surface area contributed by atoms with Crippen LogP contribution in [0.25, 0.3) is 21.7 Å². The van der Waals surface area contributed by atoms with E-state index in [1.165, 1.54) is 14.9 Å². The maximum Gasteiger partial charge on any atom is 0.287 e. The zero-order valence-electron chi connectivity index (χ0n) is 27.9. The Labute approximate surface area is 305 Å². The smallest absolute Gasteiger partial charge is 0.287 e. The van der Waals surface area contributed by atoms with Crippen molar-refractivity contribution in [1.82, 2.24) is 9.29 Å². The number of benzene rings is 4. The summed E-state index contributed by atoms with van der Waals surface area (Å²) < 4.78 is 58.4. The predicted molar refractivity (Wildman–Crippen MR) is 196 cm³/mol. The molecule has 1 N–H and O–H groups in total. The molecule has 2 saturated heterocycles. The van der Waals surface area contributed by atoms with Crippen LogP contribution in [0, 0.1) is 6.92 Å². The molecular weight excluding hydrogens is 728 g/mol. The molecule has 0 radical (unpaired) electrons.